The van der Waals surface area contributed by atoms with Crippen LogP contribution < -0.4 is 0 Å². The van der Waals surface area contributed by atoms with Gasteiger partial charge in [-0.15, -0.1) is 11.3 Å². The molecule has 0 saturated carbocycles. The third-order valence-corrected chi connectivity index (χ3v) is 3.85. The van der Waals surface area contributed by atoms with Gasteiger partial charge in [0.05, 0.1) is 4.88 Å². The first kappa shape index (κ1) is 13.7. The highest BCUT2D eigenvalue weighted by atomic mass is 32.1. The van der Waals surface area contributed by atoms with E-state index in [9.17, 15) is 9.59 Å². The Hall–Kier alpha value is -1.75. The molecule has 0 aliphatic carbocycles. The summed E-state index contributed by atoms with van der Waals surface area (Å²) in [6.45, 7) is 1.92. The lowest BCUT2D eigenvalue weighted by atomic mass is 9.97. The van der Waals surface area contributed by atoms with E-state index in [0.29, 0.717) is 18.7 Å². The summed E-state index contributed by atoms with van der Waals surface area (Å²) in [4.78, 5) is 28.7. The number of hydrogen-bond donors (Lipinski definition) is 0. The molecular weight excluding hydrogens is 260 g/mol. The molecule has 0 aliphatic heterocycles. The Morgan fingerprint density at radius 2 is 2.11 bits per heavy atom. The third kappa shape index (κ3) is 3.38. The molecule has 4 nitrogen and oxygen atoms in total. The van der Waals surface area contributed by atoms with Crippen molar-refractivity contribution in [3.8, 4) is 0 Å². The van der Waals surface area contributed by atoms with E-state index in [1.54, 1.807) is 24.0 Å². The van der Waals surface area contributed by atoms with Crippen LogP contribution in [0.5, 0.6) is 0 Å². The molecule has 0 aliphatic rings. The molecule has 5 heteroatoms. The summed E-state index contributed by atoms with van der Waals surface area (Å²) in [6.07, 6.45) is 4.10. The van der Waals surface area contributed by atoms with Gasteiger partial charge in [0.15, 0.2) is 17.4 Å². The van der Waals surface area contributed by atoms with E-state index in [0.717, 1.165) is 4.88 Å². The highest BCUT2D eigenvalue weighted by molar-refractivity contribution is 7.12. The fraction of sp³-hybridized carbons (Fsp3) is 0.357. The van der Waals surface area contributed by atoms with Gasteiger partial charge in [0.25, 0.3) is 0 Å². The van der Waals surface area contributed by atoms with Crippen LogP contribution in [0.1, 0.15) is 40.1 Å². The minimum Gasteiger partial charge on any atom is -0.332 e. The molecule has 2 heterocycles. The number of Topliss-reactive ketones (excluding diaryl/α,β-unsaturated/α-hetero) is 2. The Kier molecular flexibility index (Phi) is 4.27. The summed E-state index contributed by atoms with van der Waals surface area (Å²) in [5.74, 6) is 0.573. The first-order chi connectivity index (χ1) is 9.08. The maximum Gasteiger partial charge on any atom is 0.198 e. The molecule has 0 spiro atoms. The Morgan fingerprint density at radius 1 is 1.37 bits per heavy atom. The number of thiophene rings is 1. The SMILES string of the molecule is C[C@H](CC(=O)c1cccs1)CC(=O)c1nccn1C. The van der Waals surface area contributed by atoms with Crippen molar-refractivity contribution in [1.29, 1.82) is 0 Å². The van der Waals surface area contributed by atoms with Crippen molar-refractivity contribution in [2.24, 2.45) is 13.0 Å². The van der Waals surface area contributed by atoms with Crippen LogP contribution in [0, 0.1) is 5.92 Å². The first-order valence-corrected chi connectivity index (χ1v) is 7.03. The lowest BCUT2D eigenvalue weighted by molar-refractivity contribution is 0.0922. The van der Waals surface area contributed by atoms with Crippen molar-refractivity contribution in [2.45, 2.75) is 19.8 Å². The van der Waals surface area contributed by atoms with Gasteiger partial charge in [0.1, 0.15) is 0 Å². The van der Waals surface area contributed by atoms with Crippen molar-refractivity contribution in [1.82, 2.24) is 9.55 Å². The fourth-order valence-electron chi connectivity index (χ4n) is 1.97. The monoisotopic (exact) mass is 276 g/mol. The highest BCUT2D eigenvalue weighted by Gasteiger charge is 2.18. The molecule has 0 saturated heterocycles. The second-order valence-electron chi connectivity index (χ2n) is 4.70. The van der Waals surface area contributed by atoms with Crippen molar-refractivity contribution in [3.63, 3.8) is 0 Å². The molecule has 1 atom stereocenters. The predicted molar refractivity (Wildman–Crippen MR) is 74.6 cm³/mol. The van der Waals surface area contributed by atoms with E-state index in [1.165, 1.54) is 11.3 Å². The number of nitrogens with zero attached hydrogens (tertiary/aromatic N) is 2. The Labute approximate surface area is 116 Å². The molecule has 2 rings (SSSR count). The Balaban J connectivity index is 1.91. The summed E-state index contributed by atoms with van der Waals surface area (Å²) >= 11 is 1.44. The van der Waals surface area contributed by atoms with Gasteiger partial charge in [0.2, 0.25) is 0 Å². The number of imidazole rings is 1. The van der Waals surface area contributed by atoms with Crippen molar-refractivity contribution in [3.05, 3.63) is 40.6 Å². The van der Waals surface area contributed by atoms with E-state index >= 15 is 0 Å². The molecule has 0 aromatic carbocycles. The van der Waals surface area contributed by atoms with Gasteiger partial charge in [0, 0.05) is 32.3 Å². The number of aromatic nitrogens is 2. The van der Waals surface area contributed by atoms with Crippen LogP contribution in [0.3, 0.4) is 0 Å². The number of ketones is 2. The normalized spacial score (nSPS) is 12.3. The van der Waals surface area contributed by atoms with E-state index in [2.05, 4.69) is 4.98 Å². The molecule has 19 heavy (non-hydrogen) atoms. The van der Waals surface area contributed by atoms with E-state index < -0.39 is 0 Å². The van der Waals surface area contributed by atoms with Gasteiger partial charge in [-0.2, -0.15) is 0 Å². The van der Waals surface area contributed by atoms with Crippen molar-refractivity contribution in [2.75, 3.05) is 0 Å². The zero-order chi connectivity index (χ0) is 13.8. The van der Waals surface area contributed by atoms with Gasteiger partial charge in [-0.25, -0.2) is 4.98 Å². The van der Waals surface area contributed by atoms with Crippen LogP contribution in [0.25, 0.3) is 0 Å². The molecular formula is C14H16N2O2S. The molecule has 0 amide bonds. The summed E-state index contributed by atoms with van der Waals surface area (Å²) in [5.41, 5.74) is 0. The average Bonchev–Trinajstić information content (AvgIpc) is 2.98. The van der Waals surface area contributed by atoms with Gasteiger partial charge >= 0.3 is 0 Å². The van der Waals surface area contributed by atoms with Crippen molar-refractivity contribution >= 4 is 22.9 Å². The molecule has 0 fully saturated rings. The van der Waals surface area contributed by atoms with Crippen LogP contribution in [-0.4, -0.2) is 21.1 Å². The number of aryl methyl sites for hydroxylation is 1. The standard InChI is InChI=1S/C14H16N2O2S/c1-10(8-11(17)13-4-3-7-19-13)9-12(18)14-15-5-6-16(14)2/h3-7,10H,8-9H2,1-2H3/t10-/m1/s1. The van der Waals surface area contributed by atoms with Crippen LogP contribution >= 0.6 is 11.3 Å². The Bertz CT molecular complexity index is 572. The maximum absolute atomic E-state index is 12.0. The lowest BCUT2D eigenvalue weighted by Crippen LogP contribution is -2.13. The smallest absolute Gasteiger partial charge is 0.198 e. The molecule has 0 N–H and O–H groups in total. The van der Waals surface area contributed by atoms with Crippen LogP contribution in [0.15, 0.2) is 29.9 Å². The number of hydrogen-bond acceptors (Lipinski definition) is 4. The van der Waals surface area contributed by atoms with Gasteiger partial charge in [-0.1, -0.05) is 13.0 Å². The minimum atomic E-state index is -0.0148. The Morgan fingerprint density at radius 3 is 2.68 bits per heavy atom. The van der Waals surface area contributed by atoms with E-state index in [4.69, 9.17) is 0 Å². The van der Waals surface area contributed by atoms with Crippen LogP contribution in [0.4, 0.5) is 0 Å². The molecule has 100 valence electrons. The van der Waals surface area contributed by atoms with Crippen molar-refractivity contribution < 1.29 is 9.59 Å². The lowest BCUT2D eigenvalue weighted by Gasteiger charge is -2.08. The summed E-state index contributed by atoms with van der Waals surface area (Å²) in [5, 5.41) is 1.89. The number of rotatable bonds is 6. The van der Waals surface area contributed by atoms with Gasteiger partial charge < -0.3 is 4.57 Å². The zero-order valence-electron chi connectivity index (χ0n) is 11.0. The maximum atomic E-state index is 12.0. The topological polar surface area (TPSA) is 52.0 Å². The third-order valence-electron chi connectivity index (χ3n) is 2.93. The molecule has 2 aromatic rings. The largest absolute Gasteiger partial charge is 0.332 e. The van der Waals surface area contributed by atoms with Gasteiger partial charge in [-0.3, -0.25) is 9.59 Å². The van der Waals surface area contributed by atoms with Crippen LogP contribution in [0.2, 0.25) is 0 Å². The molecule has 0 radical (unpaired) electrons. The number of carbonyl (C=O) groups excluding carboxylic acids is 2. The predicted octanol–water partition coefficient (Wildman–Crippen LogP) is 2.96. The quantitative estimate of drug-likeness (QED) is 0.762. The van der Waals surface area contributed by atoms with E-state index in [1.807, 2.05) is 24.4 Å². The number of carbonyl (C=O) groups is 2. The second kappa shape index (κ2) is 5.93. The van der Waals surface area contributed by atoms with Crippen LogP contribution in [-0.2, 0) is 7.05 Å². The zero-order valence-corrected chi connectivity index (χ0v) is 11.8. The summed E-state index contributed by atoms with van der Waals surface area (Å²) in [6, 6.07) is 3.68. The first-order valence-electron chi connectivity index (χ1n) is 6.15. The summed E-state index contributed by atoms with van der Waals surface area (Å²) in [7, 11) is 1.79. The summed E-state index contributed by atoms with van der Waals surface area (Å²) < 4.78 is 1.70. The molecule has 0 bridgehead atoms. The van der Waals surface area contributed by atoms with E-state index in [-0.39, 0.29) is 17.5 Å². The highest BCUT2D eigenvalue weighted by Crippen LogP contribution is 2.18. The second-order valence-corrected chi connectivity index (χ2v) is 5.65. The average molecular weight is 276 g/mol. The molecule has 2 aromatic heterocycles. The minimum absolute atomic E-state index is 0.0148. The fourth-order valence-corrected chi connectivity index (χ4v) is 2.64. The van der Waals surface area contributed by atoms with Gasteiger partial charge in [-0.05, 0) is 17.4 Å². The molecule has 0 unspecified atom stereocenters.